The first-order chi connectivity index (χ1) is 13.0. The molecular formula is C19H16N2O5S. The third-order valence-electron chi connectivity index (χ3n) is 3.86. The van der Waals surface area contributed by atoms with Gasteiger partial charge in [-0.3, -0.25) is 10.1 Å². The van der Waals surface area contributed by atoms with Gasteiger partial charge in [0, 0.05) is 22.6 Å². The van der Waals surface area contributed by atoms with Crippen molar-refractivity contribution in [2.75, 3.05) is 7.11 Å². The summed E-state index contributed by atoms with van der Waals surface area (Å²) in [7, 11) is 1.34. The van der Waals surface area contributed by atoms with E-state index < -0.39 is 4.92 Å². The Balaban J connectivity index is 1.67. The molecule has 0 aliphatic heterocycles. The van der Waals surface area contributed by atoms with Crippen LogP contribution in [0.5, 0.6) is 5.75 Å². The number of nitrogens with zero attached hydrogens (tertiary/aromatic N) is 2. The lowest BCUT2D eigenvalue weighted by Gasteiger charge is -2.05. The van der Waals surface area contributed by atoms with Crippen LogP contribution < -0.4 is 4.74 Å². The monoisotopic (exact) mass is 384 g/mol. The Labute approximate surface area is 159 Å². The molecule has 7 nitrogen and oxygen atoms in total. The molecule has 0 saturated carbocycles. The summed E-state index contributed by atoms with van der Waals surface area (Å²) in [5.74, 6) is 0.170. The predicted octanol–water partition coefficient (Wildman–Crippen LogP) is 4.39. The van der Waals surface area contributed by atoms with Crippen molar-refractivity contribution in [1.82, 2.24) is 4.98 Å². The second-order valence-corrected chi connectivity index (χ2v) is 6.57. The van der Waals surface area contributed by atoms with Crippen LogP contribution in [0.4, 0.5) is 5.69 Å². The number of benzene rings is 2. The predicted molar refractivity (Wildman–Crippen MR) is 101 cm³/mol. The third-order valence-corrected chi connectivity index (χ3v) is 4.80. The number of thiazole rings is 1. The summed E-state index contributed by atoms with van der Waals surface area (Å²) >= 11 is 1.47. The number of methoxy groups -OCH3 is 1. The highest BCUT2D eigenvalue weighted by atomic mass is 32.1. The van der Waals surface area contributed by atoms with Gasteiger partial charge in [-0.15, -0.1) is 11.3 Å². The van der Waals surface area contributed by atoms with E-state index in [4.69, 9.17) is 4.74 Å². The minimum absolute atomic E-state index is 0.0636. The van der Waals surface area contributed by atoms with Crippen LogP contribution in [0.1, 0.15) is 21.6 Å². The average molecular weight is 384 g/mol. The minimum atomic E-state index is -0.419. The minimum Gasteiger partial charge on any atom is -0.487 e. The van der Waals surface area contributed by atoms with E-state index in [2.05, 4.69) is 9.72 Å². The van der Waals surface area contributed by atoms with Gasteiger partial charge in [0.1, 0.15) is 17.4 Å². The summed E-state index contributed by atoms with van der Waals surface area (Å²) in [6.07, 6.45) is 0. The molecule has 0 aliphatic rings. The molecule has 27 heavy (non-hydrogen) atoms. The number of carbonyl (C=O) groups is 1. The number of aromatic nitrogens is 1. The molecular weight excluding hydrogens is 368 g/mol. The Hall–Kier alpha value is -3.26. The van der Waals surface area contributed by atoms with Gasteiger partial charge in [0.15, 0.2) is 0 Å². The lowest BCUT2D eigenvalue weighted by atomic mass is 10.1. The molecule has 3 aromatic rings. The Bertz CT molecular complexity index is 982. The second-order valence-electron chi connectivity index (χ2n) is 5.71. The quantitative estimate of drug-likeness (QED) is 0.355. The van der Waals surface area contributed by atoms with E-state index in [1.54, 1.807) is 31.2 Å². The van der Waals surface area contributed by atoms with E-state index in [1.807, 2.05) is 17.5 Å². The number of hydrogen-bond acceptors (Lipinski definition) is 7. The van der Waals surface area contributed by atoms with Gasteiger partial charge in [0.25, 0.3) is 5.69 Å². The largest absolute Gasteiger partial charge is 0.487 e. The van der Waals surface area contributed by atoms with Crippen LogP contribution in [0.3, 0.4) is 0 Å². The molecule has 0 unspecified atom stereocenters. The first kappa shape index (κ1) is 18.5. The Morgan fingerprint density at radius 1 is 1.22 bits per heavy atom. The average Bonchev–Trinajstić information content (AvgIpc) is 3.14. The van der Waals surface area contributed by atoms with Crippen LogP contribution in [-0.2, 0) is 11.3 Å². The van der Waals surface area contributed by atoms with Gasteiger partial charge in [-0.1, -0.05) is 12.1 Å². The first-order valence-corrected chi connectivity index (χ1v) is 8.87. The number of carbonyl (C=O) groups excluding carboxylic acids is 1. The van der Waals surface area contributed by atoms with Crippen molar-refractivity contribution in [1.29, 1.82) is 0 Å². The van der Waals surface area contributed by atoms with E-state index in [0.29, 0.717) is 16.9 Å². The van der Waals surface area contributed by atoms with Gasteiger partial charge in [-0.2, -0.15) is 0 Å². The Morgan fingerprint density at radius 2 is 1.96 bits per heavy atom. The standard InChI is InChI=1S/C19H16N2O5S/c1-12-9-16(7-8-17(12)21(23)24)26-10-15-11-27-18(20-15)13-3-5-14(6-4-13)19(22)25-2/h3-9,11H,10H2,1-2H3. The van der Waals surface area contributed by atoms with Crippen molar-refractivity contribution in [2.45, 2.75) is 13.5 Å². The number of esters is 1. The summed E-state index contributed by atoms with van der Waals surface area (Å²) in [5, 5.41) is 13.6. The number of hydrogen-bond donors (Lipinski definition) is 0. The molecule has 2 aromatic carbocycles. The summed E-state index contributed by atoms with van der Waals surface area (Å²) in [6.45, 7) is 1.93. The van der Waals surface area contributed by atoms with Crippen molar-refractivity contribution in [3.63, 3.8) is 0 Å². The normalized spacial score (nSPS) is 10.4. The van der Waals surface area contributed by atoms with Crippen molar-refractivity contribution >= 4 is 23.0 Å². The summed E-state index contributed by atoms with van der Waals surface area (Å²) in [4.78, 5) is 26.4. The molecule has 0 radical (unpaired) electrons. The fraction of sp³-hybridized carbons (Fsp3) is 0.158. The van der Waals surface area contributed by atoms with Crippen LogP contribution in [-0.4, -0.2) is 23.0 Å². The van der Waals surface area contributed by atoms with Gasteiger partial charge >= 0.3 is 5.97 Å². The zero-order valence-electron chi connectivity index (χ0n) is 14.7. The topological polar surface area (TPSA) is 91.6 Å². The third kappa shape index (κ3) is 4.29. The number of ether oxygens (including phenoxy) is 2. The first-order valence-electron chi connectivity index (χ1n) is 7.99. The van der Waals surface area contributed by atoms with Crippen LogP contribution >= 0.6 is 11.3 Å². The number of aryl methyl sites for hydroxylation is 1. The molecule has 0 N–H and O–H groups in total. The second kappa shape index (κ2) is 7.96. The van der Waals surface area contributed by atoms with E-state index >= 15 is 0 Å². The van der Waals surface area contributed by atoms with Crippen molar-refractivity contribution in [3.8, 4) is 16.3 Å². The van der Waals surface area contributed by atoms with Crippen molar-refractivity contribution in [3.05, 3.63) is 74.8 Å². The van der Waals surface area contributed by atoms with E-state index in [0.717, 1.165) is 16.3 Å². The molecule has 0 amide bonds. The molecule has 0 saturated heterocycles. The zero-order valence-corrected chi connectivity index (χ0v) is 15.5. The van der Waals surface area contributed by atoms with Crippen LogP contribution in [0.15, 0.2) is 47.8 Å². The molecule has 3 rings (SSSR count). The van der Waals surface area contributed by atoms with E-state index in [1.165, 1.54) is 24.5 Å². The lowest BCUT2D eigenvalue weighted by Crippen LogP contribution is -2.00. The van der Waals surface area contributed by atoms with Crippen molar-refractivity contribution < 1.29 is 19.2 Å². The van der Waals surface area contributed by atoms with Gasteiger partial charge in [-0.25, -0.2) is 9.78 Å². The maximum absolute atomic E-state index is 11.5. The van der Waals surface area contributed by atoms with Gasteiger partial charge in [-0.05, 0) is 31.2 Å². The smallest absolute Gasteiger partial charge is 0.337 e. The molecule has 8 heteroatoms. The van der Waals surface area contributed by atoms with Crippen LogP contribution in [0.2, 0.25) is 0 Å². The highest BCUT2D eigenvalue weighted by Gasteiger charge is 2.12. The Kier molecular flexibility index (Phi) is 5.46. The molecule has 138 valence electrons. The highest BCUT2D eigenvalue weighted by molar-refractivity contribution is 7.13. The molecule has 0 aliphatic carbocycles. The number of nitro benzene ring substituents is 1. The van der Waals surface area contributed by atoms with Gasteiger partial charge in [0.05, 0.1) is 23.3 Å². The summed E-state index contributed by atoms with van der Waals surface area (Å²) in [5.41, 5.74) is 2.74. The van der Waals surface area contributed by atoms with Gasteiger partial charge in [0.2, 0.25) is 0 Å². The van der Waals surface area contributed by atoms with E-state index in [9.17, 15) is 14.9 Å². The van der Waals surface area contributed by atoms with Gasteiger partial charge < -0.3 is 9.47 Å². The molecule has 1 aromatic heterocycles. The SMILES string of the molecule is COC(=O)c1ccc(-c2nc(COc3ccc([N+](=O)[O-])c(C)c3)cs2)cc1. The Morgan fingerprint density at radius 3 is 2.59 bits per heavy atom. The fourth-order valence-electron chi connectivity index (χ4n) is 2.45. The molecule has 0 spiro atoms. The number of nitro groups is 1. The highest BCUT2D eigenvalue weighted by Crippen LogP contribution is 2.26. The molecule has 0 bridgehead atoms. The molecule has 1 heterocycles. The summed E-state index contributed by atoms with van der Waals surface area (Å²) in [6, 6.07) is 11.7. The van der Waals surface area contributed by atoms with Crippen LogP contribution in [0, 0.1) is 17.0 Å². The maximum atomic E-state index is 11.5. The van der Waals surface area contributed by atoms with E-state index in [-0.39, 0.29) is 18.3 Å². The van der Waals surface area contributed by atoms with Crippen LogP contribution in [0.25, 0.3) is 10.6 Å². The lowest BCUT2D eigenvalue weighted by molar-refractivity contribution is -0.385. The van der Waals surface area contributed by atoms with Crippen molar-refractivity contribution in [2.24, 2.45) is 0 Å². The zero-order chi connectivity index (χ0) is 19.4. The molecule has 0 fully saturated rings. The molecule has 0 atom stereocenters. The summed E-state index contributed by atoms with van der Waals surface area (Å²) < 4.78 is 10.4. The fourth-order valence-corrected chi connectivity index (χ4v) is 3.26. The number of rotatable bonds is 6. The maximum Gasteiger partial charge on any atom is 0.337 e.